The maximum atomic E-state index is 15.5. The molecule has 0 radical (unpaired) electrons. The fourth-order valence-corrected chi connectivity index (χ4v) is 5.00. The molecule has 2 fully saturated rings. The molecule has 2 saturated carbocycles. The topological polar surface area (TPSA) is 129 Å². The number of aryl methyl sites for hydroxylation is 2. The largest absolute Gasteiger partial charge is 0.492 e. The number of aromatic nitrogens is 3. The fourth-order valence-electron chi connectivity index (χ4n) is 5.00. The summed E-state index contributed by atoms with van der Waals surface area (Å²) in [5, 5.41) is 14.8. The predicted octanol–water partition coefficient (Wildman–Crippen LogP) is 3.32. The molecule has 196 valence electrons. The third-order valence-electron chi connectivity index (χ3n) is 7.27. The van der Waals surface area contributed by atoms with Crippen molar-refractivity contribution in [2.45, 2.75) is 64.5 Å². The molecule has 0 saturated heterocycles. The maximum Gasteiger partial charge on any atom is 0.255 e. The first-order chi connectivity index (χ1) is 17.9. The summed E-state index contributed by atoms with van der Waals surface area (Å²) in [6.07, 6.45) is 6.44. The average Bonchev–Trinajstić information content (AvgIpc) is 3.65. The Morgan fingerprint density at radius 1 is 1.08 bits per heavy atom. The summed E-state index contributed by atoms with van der Waals surface area (Å²) in [4.78, 5) is 36.8. The van der Waals surface area contributed by atoms with Crippen LogP contribution < -0.4 is 15.4 Å². The number of rotatable bonds is 8. The zero-order chi connectivity index (χ0) is 26.1. The highest BCUT2D eigenvalue weighted by Crippen LogP contribution is 2.39. The smallest absolute Gasteiger partial charge is 0.255 e. The van der Waals surface area contributed by atoms with E-state index in [4.69, 9.17) is 9.84 Å². The predicted molar refractivity (Wildman–Crippen MR) is 136 cm³/mol. The molecular formula is C27H32FN5O4. The molecule has 1 aromatic carbocycles. The zero-order valence-electron chi connectivity index (χ0n) is 21.1. The quantitative estimate of drug-likeness (QED) is 0.369. The normalized spacial score (nSPS) is 19.6. The van der Waals surface area contributed by atoms with Crippen LogP contribution in [0.15, 0.2) is 18.5 Å². The van der Waals surface area contributed by atoms with Crippen LogP contribution in [0.3, 0.4) is 0 Å². The van der Waals surface area contributed by atoms with Gasteiger partial charge in [0.05, 0.1) is 23.3 Å². The van der Waals surface area contributed by atoms with Crippen molar-refractivity contribution in [1.82, 2.24) is 25.6 Å². The first kappa shape index (κ1) is 25.1. The third kappa shape index (κ3) is 5.29. The molecule has 0 unspecified atom stereocenters. The molecule has 2 aliphatic carbocycles. The second-order valence-electron chi connectivity index (χ2n) is 10.1. The van der Waals surface area contributed by atoms with Gasteiger partial charge in [-0.15, -0.1) is 0 Å². The van der Waals surface area contributed by atoms with Gasteiger partial charge >= 0.3 is 0 Å². The number of aliphatic hydroxyl groups is 1. The summed E-state index contributed by atoms with van der Waals surface area (Å²) in [5.41, 5.74) is 3.05. The van der Waals surface area contributed by atoms with E-state index in [2.05, 4.69) is 25.6 Å². The van der Waals surface area contributed by atoms with Crippen molar-refractivity contribution in [2.24, 2.45) is 5.92 Å². The molecule has 2 aliphatic rings. The summed E-state index contributed by atoms with van der Waals surface area (Å²) in [6.45, 7) is 3.50. The highest BCUT2D eigenvalue weighted by molar-refractivity contribution is 6.09. The lowest BCUT2D eigenvalue weighted by Crippen LogP contribution is -2.44. The van der Waals surface area contributed by atoms with Crippen molar-refractivity contribution in [3.8, 4) is 17.0 Å². The molecule has 2 heterocycles. The third-order valence-corrected chi connectivity index (χ3v) is 7.27. The Morgan fingerprint density at radius 2 is 1.78 bits per heavy atom. The van der Waals surface area contributed by atoms with Gasteiger partial charge in [-0.05, 0) is 69.9 Å². The lowest BCUT2D eigenvalue weighted by atomic mass is 9.91. The van der Waals surface area contributed by atoms with Gasteiger partial charge in [0.15, 0.2) is 0 Å². The SMILES string of the molecule is Cc1ccc(OCC2CC2)c(-c2ncnc3c(C(=O)NC4CCC(NC(=O)CO)CC4)c(C)[nH]c23)c1F. The van der Waals surface area contributed by atoms with E-state index in [1.54, 1.807) is 26.0 Å². The van der Waals surface area contributed by atoms with Crippen LogP contribution in [0.5, 0.6) is 5.75 Å². The van der Waals surface area contributed by atoms with E-state index in [0.717, 1.165) is 12.8 Å². The van der Waals surface area contributed by atoms with Gasteiger partial charge < -0.3 is 25.5 Å². The van der Waals surface area contributed by atoms with E-state index in [1.807, 2.05) is 0 Å². The maximum absolute atomic E-state index is 15.5. The van der Waals surface area contributed by atoms with Gasteiger partial charge in [-0.2, -0.15) is 0 Å². The van der Waals surface area contributed by atoms with Crippen molar-refractivity contribution in [2.75, 3.05) is 13.2 Å². The molecule has 4 N–H and O–H groups in total. The van der Waals surface area contributed by atoms with Crippen LogP contribution in [-0.4, -0.2) is 57.2 Å². The molecule has 37 heavy (non-hydrogen) atoms. The van der Waals surface area contributed by atoms with Crippen LogP contribution >= 0.6 is 0 Å². The summed E-state index contributed by atoms with van der Waals surface area (Å²) in [5.74, 6) is -0.115. The van der Waals surface area contributed by atoms with E-state index in [1.165, 1.54) is 6.33 Å². The number of hydrogen-bond donors (Lipinski definition) is 4. The zero-order valence-corrected chi connectivity index (χ0v) is 21.1. The number of amides is 2. The second-order valence-corrected chi connectivity index (χ2v) is 10.1. The minimum Gasteiger partial charge on any atom is -0.492 e. The molecule has 0 spiro atoms. The first-order valence-corrected chi connectivity index (χ1v) is 12.8. The highest BCUT2D eigenvalue weighted by Gasteiger charge is 2.28. The van der Waals surface area contributed by atoms with Crippen LogP contribution in [0.25, 0.3) is 22.3 Å². The fraction of sp³-hybridized carbons (Fsp3) is 0.481. The Kier molecular flexibility index (Phi) is 7.10. The summed E-state index contributed by atoms with van der Waals surface area (Å²) >= 11 is 0. The molecule has 5 rings (SSSR count). The monoisotopic (exact) mass is 509 g/mol. The van der Waals surface area contributed by atoms with Crippen LogP contribution in [0.1, 0.15) is 60.1 Å². The molecule has 2 aromatic heterocycles. The van der Waals surface area contributed by atoms with Gasteiger partial charge in [-0.1, -0.05) is 6.07 Å². The highest BCUT2D eigenvalue weighted by atomic mass is 19.1. The van der Waals surface area contributed by atoms with E-state index < -0.39 is 12.4 Å². The molecule has 3 aromatic rings. The van der Waals surface area contributed by atoms with Gasteiger partial charge in [0.1, 0.15) is 35.7 Å². The number of carbonyl (C=O) groups excluding carboxylic acids is 2. The number of hydrogen-bond acceptors (Lipinski definition) is 6. The van der Waals surface area contributed by atoms with E-state index in [-0.39, 0.29) is 29.5 Å². The van der Waals surface area contributed by atoms with E-state index in [0.29, 0.717) is 77.5 Å². The van der Waals surface area contributed by atoms with Gasteiger partial charge in [-0.3, -0.25) is 9.59 Å². The molecular weight excluding hydrogens is 477 g/mol. The molecule has 10 heteroatoms. The number of carbonyl (C=O) groups is 2. The van der Waals surface area contributed by atoms with Crippen LogP contribution in [0, 0.1) is 25.6 Å². The van der Waals surface area contributed by atoms with Crippen molar-refractivity contribution in [3.05, 3.63) is 41.1 Å². The molecule has 0 bridgehead atoms. The number of nitrogens with zero attached hydrogens (tertiary/aromatic N) is 2. The Hall–Kier alpha value is -3.53. The molecule has 0 atom stereocenters. The Morgan fingerprint density at radius 3 is 2.46 bits per heavy atom. The lowest BCUT2D eigenvalue weighted by molar-refractivity contribution is -0.124. The standard InChI is InChI=1S/C27H32FN5O4/c1-14-3-10-19(37-12-16-4-5-16)22(23(14)28)25-26-24(29-13-30-25)21(15(2)31-26)27(36)33-18-8-6-17(7-9-18)32-20(35)11-34/h3,10,13,16-18,31,34H,4-9,11-12H2,1-2H3,(H,32,35)(H,33,36). The number of H-pyrrole nitrogens is 1. The molecule has 2 amide bonds. The lowest BCUT2D eigenvalue weighted by Gasteiger charge is -2.29. The van der Waals surface area contributed by atoms with Gasteiger partial charge in [0.2, 0.25) is 5.91 Å². The van der Waals surface area contributed by atoms with E-state index >= 15 is 4.39 Å². The summed E-state index contributed by atoms with van der Waals surface area (Å²) in [6, 6.07) is 3.42. The molecule has 9 nitrogen and oxygen atoms in total. The number of nitrogens with one attached hydrogen (secondary N) is 3. The Balaban J connectivity index is 1.40. The molecule has 0 aliphatic heterocycles. The number of ether oxygens (including phenoxy) is 1. The minimum atomic E-state index is -0.527. The van der Waals surface area contributed by atoms with Crippen LogP contribution in [-0.2, 0) is 4.79 Å². The second kappa shape index (κ2) is 10.5. The number of aliphatic hydroxyl groups excluding tert-OH is 1. The van der Waals surface area contributed by atoms with Crippen LogP contribution in [0.4, 0.5) is 4.39 Å². The Labute approximate surface area is 214 Å². The minimum absolute atomic E-state index is 0.00141. The van der Waals surface area contributed by atoms with Crippen molar-refractivity contribution in [3.63, 3.8) is 0 Å². The number of halogens is 1. The number of benzene rings is 1. The summed E-state index contributed by atoms with van der Waals surface area (Å²) in [7, 11) is 0. The van der Waals surface area contributed by atoms with Crippen molar-refractivity contribution < 1.29 is 23.8 Å². The van der Waals surface area contributed by atoms with Gasteiger partial charge in [0, 0.05) is 17.8 Å². The Bertz CT molecular complexity index is 1330. The van der Waals surface area contributed by atoms with Gasteiger partial charge in [0.25, 0.3) is 5.91 Å². The van der Waals surface area contributed by atoms with Crippen molar-refractivity contribution in [1.29, 1.82) is 0 Å². The number of aromatic amines is 1. The van der Waals surface area contributed by atoms with Gasteiger partial charge in [-0.25, -0.2) is 14.4 Å². The summed E-state index contributed by atoms with van der Waals surface area (Å²) < 4.78 is 21.4. The number of fused-ring (bicyclic) bond motifs is 1. The van der Waals surface area contributed by atoms with Crippen LogP contribution in [0.2, 0.25) is 0 Å². The van der Waals surface area contributed by atoms with Crippen molar-refractivity contribution >= 4 is 22.8 Å². The van der Waals surface area contributed by atoms with E-state index in [9.17, 15) is 9.59 Å². The first-order valence-electron chi connectivity index (χ1n) is 12.8. The average molecular weight is 510 g/mol.